The Morgan fingerprint density at radius 1 is 1.07 bits per heavy atom. The summed E-state index contributed by atoms with van der Waals surface area (Å²) >= 11 is 0. The third-order valence-corrected chi connectivity index (χ3v) is 3.97. The molecule has 0 unspecified atom stereocenters. The van der Waals surface area contributed by atoms with Crippen LogP contribution in [0, 0.1) is 5.92 Å². The number of nitrogens with one attached hydrogen (secondary N) is 1. The number of hydrogen-bond acceptors (Lipinski definition) is 5. The van der Waals surface area contributed by atoms with Crippen LogP contribution in [0.4, 0.5) is 0 Å². The molecule has 1 aromatic heterocycles. The van der Waals surface area contributed by atoms with Gasteiger partial charge in [-0.25, -0.2) is 4.98 Å². The summed E-state index contributed by atoms with van der Waals surface area (Å²) in [6.45, 7) is 4.76. The molecule has 3 rings (SSSR count). The Bertz CT molecular complexity index is 940. The van der Waals surface area contributed by atoms with Gasteiger partial charge in [0.25, 0.3) is 5.91 Å². The minimum absolute atomic E-state index is 0.0868. The number of aromatic nitrogens is 2. The molecule has 0 bridgehead atoms. The molecule has 0 fully saturated rings. The largest absolute Gasteiger partial charge is 0.497 e. The second-order valence-electron chi connectivity index (χ2n) is 6.68. The maximum atomic E-state index is 12.1. The van der Waals surface area contributed by atoms with E-state index in [1.807, 2.05) is 30.3 Å². The molecule has 6 heteroatoms. The van der Waals surface area contributed by atoms with Gasteiger partial charge in [0.1, 0.15) is 11.5 Å². The zero-order valence-electron chi connectivity index (χ0n) is 16.2. The van der Waals surface area contributed by atoms with Crippen LogP contribution in [0.2, 0.25) is 0 Å². The Hall–Kier alpha value is -3.41. The lowest BCUT2D eigenvalue weighted by Gasteiger charge is -2.09. The number of carbonyl (C=O) groups excluding carboxylic acids is 1. The minimum Gasteiger partial charge on any atom is -0.497 e. The Kier molecular flexibility index (Phi) is 6.22. The lowest BCUT2D eigenvalue weighted by atomic mass is 10.1. The minimum atomic E-state index is -0.0868. The molecule has 0 saturated heterocycles. The maximum Gasteiger partial charge on any atom is 0.251 e. The van der Waals surface area contributed by atoms with Gasteiger partial charge in [0.15, 0.2) is 5.82 Å². The molecule has 3 aromatic rings. The number of methoxy groups -OCH3 is 1. The smallest absolute Gasteiger partial charge is 0.251 e. The van der Waals surface area contributed by atoms with Crippen molar-refractivity contribution in [3.8, 4) is 28.8 Å². The van der Waals surface area contributed by atoms with Crippen molar-refractivity contribution in [2.24, 2.45) is 5.92 Å². The van der Waals surface area contributed by atoms with Crippen LogP contribution >= 0.6 is 0 Å². The molecule has 1 amide bonds. The number of hydrogen-bond donors (Lipinski definition) is 1. The standard InChI is InChI=1S/C22H23N3O3/c1-15(2)14-24-22(26)17-9-7-16(8-10-17)21-23-12-11-20(25-21)28-19-6-4-5-18(13-19)27-3/h4-13,15H,14H2,1-3H3,(H,24,26). The van der Waals surface area contributed by atoms with Crippen LogP contribution in [0.3, 0.4) is 0 Å². The van der Waals surface area contributed by atoms with Gasteiger partial charge in [0.05, 0.1) is 7.11 Å². The molecular weight excluding hydrogens is 354 g/mol. The third-order valence-electron chi connectivity index (χ3n) is 3.97. The summed E-state index contributed by atoms with van der Waals surface area (Å²) < 4.78 is 11.0. The summed E-state index contributed by atoms with van der Waals surface area (Å²) in [5.74, 6) is 2.60. The average Bonchev–Trinajstić information content (AvgIpc) is 2.72. The molecule has 0 aliphatic heterocycles. The number of amides is 1. The van der Waals surface area contributed by atoms with E-state index in [0.717, 1.165) is 5.56 Å². The first kappa shape index (κ1) is 19.4. The fourth-order valence-electron chi connectivity index (χ4n) is 2.49. The molecule has 1 heterocycles. The molecule has 28 heavy (non-hydrogen) atoms. The molecule has 6 nitrogen and oxygen atoms in total. The summed E-state index contributed by atoms with van der Waals surface area (Å²) in [5, 5.41) is 2.90. The molecule has 0 spiro atoms. The number of benzene rings is 2. The van der Waals surface area contributed by atoms with Gasteiger partial charge in [-0.1, -0.05) is 32.0 Å². The highest BCUT2D eigenvalue weighted by molar-refractivity contribution is 5.94. The van der Waals surface area contributed by atoms with E-state index in [0.29, 0.717) is 41.2 Å². The zero-order chi connectivity index (χ0) is 19.9. The van der Waals surface area contributed by atoms with Crippen LogP contribution < -0.4 is 14.8 Å². The normalized spacial score (nSPS) is 10.6. The van der Waals surface area contributed by atoms with E-state index in [4.69, 9.17) is 9.47 Å². The van der Waals surface area contributed by atoms with E-state index in [-0.39, 0.29) is 5.91 Å². The lowest BCUT2D eigenvalue weighted by Crippen LogP contribution is -2.27. The second-order valence-corrected chi connectivity index (χ2v) is 6.68. The van der Waals surface area contributed by atoms with E-state index in [9.17, 15) is 4.79 Å². The lowest BCUT2D eigenvalue weighted by molar-refractivity contribution is 0.0949. The van der Waals surface area contributed by atoms with Crippen molar-refractivity contribution < 1.29 is 14.3 Å². The molecule has 0 aliphatic carbocycles. The predicted octanol–water partition coefficient (Wildman–Crippen LogP) is 4.33. The first-order valence-corrected chi connectivity index (χ1v) is 9.09. The monoisotopic (exact) mass is 377 g/mol. The molecule has 2 aromatic carbocycles. The van der Waals surface area contributed by atoms with Gasteiger partial charge in [-0.3, -0.25) is 4.79 Å². The van der Waals surface area contributed by atoms with Crippen molar-refractivity contribution in [1.29, 1.82) is 0 Å². The highest BCUT2D eigenvalue weighted by atomic mass is 16.5. The van der Waals surface area contributed by atoms with Gasteiger partial charge in [0.2, 0.25) is 5.88 Å². The van der Waals surface area contributed by atoms with E-state index >= 15 is 0 Å². The predicted molar refractivity (Wildman–Crippen MR) is 108 cm³/mol. The second kappa shape index (κ2) is 8.99. The van der Waals surface area contributed by atoms with Crippen molar-refractivity contribution in [3.05, 3.63) is 66.4 Å². The molecule has 0 atom stereocenters. The summed E-state index contributed by atoms with van der Waals surface area (Å²) in [7, 11) is 1.61. The van der Waals surface area contributed by atoms with Gasteiger partial charge in [0, 0.05) is 36.0 Å². The van der Waals surface area contributed by atoms with Crippen LogP contribution in [-0.2, 0) is 0 Å². The van der Waals surface area contributed by atoms with E-state index in [1.165, 1.54) is 0 Å². The topological polar surface area (TPSA) is 73.3 Å². The summed E-state index contributed by atoms with van der Waals surface area (Å²) in [4.78, 5) is 20.9. The maximum absolute atomic E-state index is 12.1. The fourth-order valence-corrected chi connectivity index (χ4v) is 2.49. The van der Waals surface area contributed by atoms with Crippen LogP contribution in [0.1, 0.15) is 24.2 Å². The quantitative estimate of drug-likeness (QED) is 0.663. The SMILES string of the molecule is COc1cccc(Oc2ccnc(-c3ccc(C(=O)NCC(C)C)cc3)n2)c1. The van der Waals surface area contributed by atoms with Crippen LogP contribution in [0.25, 0.3) is 11.4 Å². The first-order chi connectivity index (χ1) is 13.5. The molecule has 144 valence electrons. The number of nitrogens with zero attached hydrogens (tertiary/aromatic N) is 2. The Balaban J connectivity index is 1.73. The summed E-state index contributed by atoms with van der Waals surface area (Å²) in [6.07, 6.45) is 1.64. The molecule has 1 N–H and O–H groups in total. The zero-order valence-corrected chi connectivity index (χ0v) is 16.2. The van der Waals surface area contributed by atoms with E-state index in [2.05, 4.69) is 29.1 Å². The summed E-state index contributed by atoms with van der Waals surface area (Å²) in [6, 6.07) is 16.2. The molecule has 0 saturated carbocycles. The van der Waals surface area contributed by atoms with Gasteiger partial charge in [-0.15, -0.1) is 0 Å². The average molecular weight is 377 g/mol. The fraction of sp³-hybridized carbons (Fsp3) is 0.227. The van der Waals surface area contributed by atoms with Crippen LogP contribution in [0.15, 0.2) is 60.8 Å². The van der Waals surface area contributed by atoms with E-state index < -0.39 is 0 Å². The van der Waals surface area contributed by atoms with Gasteiger partial charge < -0.3 is 14.8 Å². The molecular formula is C22H23N3O3. The third kappa shape index (κ3) is 5.07. The van der Waals surface area contributed by atoms with Crippen molar-refractivity contribution in [2.45, 2.75) is 13.8 Å². The molecule has 0 aliphatic rings. The highest BCUT2D eigenvalue weighted by Crippen LogP contribution is 2.25. The first-order valence-electron chi connectivity index (χ1n) is 9.09. The van der Waals surface area contributed by atoms with Crippen LogP contribution in [-0.4, -0.2) is 29.5 Å². The highest BCUT2D eigenvalue weighted by Gasteiger charge is 2.09. The van der Waals surface area contributed by atoms with Crippen molar-refractivity contribution in [3.63, 3.8) is 0 Å². The summed E-state index contributed by atoms with van der Waals surface area (Å²) in [5.41, 5.74) is 1.41. The van der Waals surface area contributed by atoms with Crippen LogP contribution in [0.5, 0.6) is 17.4 Å². The van der Waals surface area contributed by atoms with Crippen molar-refractivity contribution in [1.82, 2.24) is 15.3 Å². The number of rotatable bonds is 7. The Morgan fingerprint density at radius 2 is 1.82 bits per heavy atom. The van der Waals surface area contributed by atoms with Crippen molar-refractivity contribution >= 4 is 5.91 Å². The van der Waals surface area contributed by atoms with E-state index in [1.54, 1.807) is 37.6 Å². The van der Waals surface area contributed by atoms with Gasteiger partial charge >= 0.3 is 0 Å². The van der Waals surface area contributed by atoms with Gasteiger partial charge in [-0.05, 0) is 30.2 Å². The Labute approximate surface area is 164 Å². The molecule has 0 radical (unpaired) electrons. The number of carbonyl (C=O) groups is 1. The Morgan fingerprint density at radius 3 is 2.54 bits per heavy atom. The number of ether oxygens (including phenoxy) is 2. The van der Waals surface area contributed by atoms with Crippen molar-refractivity contribution in [2.75, 3.05) is 13.7 Å². The van der Waals surface area contributed by atoms with Gasteiger partial charge in [-0.2, -0.15) is 4.98 Å².